The quantitative estimate of drug-likeness (QED) is 0.609. The normalized spacial score (nSPS) is 21.5. The molecule has 2 amide bonds. The molecular weight excluding hydrogens is 447 g/mol. The van der Waals surface area contributed by atoms with Crippen molar-refractivity contribution >= 4 is 21.8 Å². The fourth-order valence-corrected chi connectivity index (χ4v) is 6.03. The maximum atomic E-state index is 14.0. The van der Waals surface area contributed by atoms with Gasteiger partial charge in [-0.15, -0.1) is 0 Å². The van der Waals surface area contributed by atoms with E-state index in [4.69, 9.17) is 0 Å². The van der Waals surface area contributed by atoms with E-state index in [1.807, 2.05) is 11.8 Å². The Morgan fingerprint density at radius 2 is 1.85 bits per heavy atom. The topological polar surface area (TPSA) is 90.0 Å². The van der Waals surface area contributed by atoms with Crippen molar-refractivity contribution in [2.75, 3.05) is 45.8 Å². The summed E-state index contributed by atoms with van der Waals surface area (Å²) in [6.07, 6.45) is 3.64. The second-order valence-corrected chi connectivity index (χ2v) is 10.9. The number of piperidine rings is 1. The summed E-state index contributed by atoms with van der Waals surface area (Å²) in [5.74, 6) is -0.907. The molecule has 2 fully saturated rings. The molecule has 0 saturated carbocycles. The molecule has 1 aromatic rings. The van der Waals surface area contributed by atoms with Gasteiger partial charge in [0.25, 0.3) is 0 Å². The van der Waals surface area contributed by atoms with Crippen LogP contribution in [0.15, 0.2) is 29.2 Å². The van der Waals surface area contributed by atoms with Crippen molar-refractivity contribution in [1.29, 1.82) is 0 Å². The summed E-state index contributed by atoms with van der Waals surface area (Å²) in [7, 11) is -3.93. The summed E-state index contributed by atoms with van der Waals surface area (Å²) in [4.78, 5) is 28.7. The molecule has 1 N–H and O–H groups in total. The number of piperazine rings is 1. The average molecular weight is 483 g/mol. The van der Waals surface area contributed by atoms with Crippen LogP contribution in [-0.2, 0) is 19.6 Å². The number of sulfonamides is 1. The van der Waals surface area contributed by atoms with E-state index in [0.29, 0.717) is 6.54 Å². The van der Waals surface area contributed by atoms with E-state index in [2.05, 4.69) is 12.2 Å². The Balaban J connectivity index is 1.50. The van der Waals surface area contributed by atoms with Crippen molar-refractivity contribution in [1.82, 2.24) is 19.4 Å². The largest absolute Gasteiger partial charge is 0.353 e. The molecule has 1 aromatic carbocycles. The number of nitrogens with zero attached hydrogens (tertiary/aromatic N) is 3. The van der Waals surface area contributed by atoms with Gasteiger partial charge in [0.2, 0.25) is 21.8 Å². The molecule has 2 aliphatic heterocycles. The van der Waals surface area contributed by atoms with E-state index in [0.717, 1.165) is 38.3 Å². The van der Waals surface area contributed by atoms with Crippen molar-refractivity contribution in [3.05, 3.63) is 30.1 Å². The van der Waals surface area contributed by atoms with Crippen molar-refractivity contribution in [2.24, 2.45) is 5.92 Å². The minimum atomic E-state index is -3.93. The summed E-state index contributed by atoms with van der Waals surface area (Å²) >= 11 is 0. The van der Waals surface area contributed by atoms with Crippen LogP contribution in [0.4, 0.5) is 4.39 Å². The van der Waals surface area contributed by atoms with Crippen LogP contribution in [0.2, 0.25) is 0 Å². The fourth-order valence-electron chi connectivity index (χ4n) is 4.54. The van der Waals surface area contributed by atoms with Gasteiger partial charge in [-0.3, -0.25) is 14.5 Å². The van der Waals surface area contributed by atoms with E-state index in [-0.39, 0.29) is 61.4 Å². The van der Waals surface area contributed by atoms with Crippen LogP contribution < -0.4 is 5.32 Å². The number of carbonyl (C=O) groups excluding carboxylic acids is 2. The number of likely N-dealkylation sites (tertiary alicyclic amines) is 1. The number of amides is 2. The third-order valence-electron chi connectivity index (χ3n) is 6.39. The van der Waals surface area contributed by atoms with E-state index in [1.54, 1.807) is 4.90 Å². The van der Waals surface area contributed by atoms with Gasteiger partial charge < -0.3 is 10.2 Å². The van der Waals surface area contributed by atoms with Crippen LogP contribution in [0.3, 0.4) is 0 Å². The Kier molecular flexibility index (Phi) is 8.83. The SMILES string of the molecule is CCCC(C)NC(=O)C1CCCN(CC(=O)N2CCN(S(=O)(=O)c3ccccc3F)CC2)C1. The maximum absolute atomic E-state index is 14.0. The predicted molar refractivity (Wildman–Crippen MR) is 123 cm³/mol. The second-order valence-electron chi connectivity index (χ2n) is 8.99. The van der Waals surface area contributed by atoms with Gasteiger partial charge in [-0.25, -0.2) is 12.8 Å². The minimum absolute atomic E-state index is 0.0556. The van der Waals surface area contributed by atoms with Gasteiger partial charge in [0.1, 0.15) is 10.7 Å². The number of carbonyl (C=O) groups is 2. The van der Waals surface area contributed by atoms with Crippen molar-refractivity contribution in [2.45, 2.75) is 50.5 Å². The van der Waals surface area contributed by atoms with Crippen molar-refractivity contribution in [3.8, 4) is 0 Å². The molecule has 0 aromatic heterocycles. The summed E-state index contributed by atoms with van der Waals surface area (Å²) < 4.78 is 40.7. The molecule has 8 nitrogen and oxygen atoms in total. The summed E-state index contributed by atoms with van der Waals surface area (Å²) in [5.41, 5.74) is 0. The monoisotopic (exact) mass is 482 g/mol. The van der Waals surface area contributed by atoms with E-state index in [9.17, 15) is 22.4 Å². The van der Waals surface area contributed by atoms with Gasteiger partial charge in [0.15, 0.2) is 0 Å². The molecule has 2 unspecified atom stereocenters. The summed E-state index contributed by atoms with van der Waals surface area (Å²) in [6, 6.07) is 5.48. The molecule has 33 heavy (non-hydrogen) atoms. The highest BCUT2D eigenvalue weighted by atomic mass is 32.2. The summed E-state index contributed by atoms with van der Waals surface area (Å²) in [5, 5.41) is 3.07. The van der Waals surface area contributed by atoms with Crippen molar-refractivity contribution in [3.63, 3.8) is 0 Å². The Morgan fingerprint density at radius 3 is 2.52 bits per heavy atom. The molecular formula is C23H35FN4O4S. The first-order valence-electron chi connectivity index (χ1n) is 11.8. The highest BCUT2D eigenvalue weighted by molar-refractivity contribution is 7.89. The number of rotatable bonds is 8. The number of hydrogen-bond acceptors (Lipinski definition) is 5. The predicted octanol–water partition coefficient (Wildman–Crippen LogP) is 1.68. The molecule has 184 valence electrons. The van der Waals surface area contributed by atoms with Crippen LogP contribution in [0.1, 0.15) is 39.5 Å². The molecule has 0 radical (unpaired) electrons. The zero-order chi connectivity index (χ0) is 24.0. The Bertz CT molecular complexity index is 934. The molecule has 0 spiro atoms. The number of benzene rings is 1. The first-order valence-corrected chi connectivity index (χ1v) is 13.2. The first kappa shape index (κ1) is 25.6. The maximum Gasteiger partial charge on any atom is 0.246 e. The molecule has 10 heteroatoms. The van der Waals surface area contributed by atoms with E-state index < -0.39 is 15.8 Å². The van der Waals surface area contributed by atoms with Gasteiger partial charge in [-0.1, -0.05) is 25.5 Å². The number of halogens is 1. The van der Waals surface area contributed by atoms with Crippen LogP contribution in [0.5, 0.6) is 0 Å². The van der Waals surface area contributed by atoms with Gasteiger partial charge in [-0.2, -0.15) is 4.31 Å². The third-order valence-corrected chi connectivity index (χ3v) is 8.32. The number of hydrogen-bond donors (Lipinski definition) is 1. The lowest BCUT2D eigenvalue weighted by Crippen LogP contribution is -2.53. The molecule has 2 atom stereocenters. The van der Waals surface area contributed by atoms with Crippen LogP contribution >= 0.6 is 0 Å². The Labute approximate surface area is 196 Å². The van der Waals surface area contributed by atoms with Crippen LogP contribution in [0.25, 0.3) is 0 Å². The fraction of sp³-hybridized carbons (Fsp3) is 0.652. The highest BCUT2D eigenvalue weighted by Crippen LogP contribution is 2.21. The second kappa shape index (κ2) is 11.4. The van der Waals surface area contributed by atoms with E-state index >= 15 is 0 Å². The minimum Gasteiger partial charge on any atom is -0.353 e. The van der Waals surface area contributed by atoms with Crippen molar-refractivity contribution < 1.29 is 22.4 Å². The van der Waals surface area contributed by atoms with Gasteiger partial charge >= 0.3 is 0 Å². The number of nitrogens with one attached hydrogen (secondary N) is 1. The van der Waals surface area contributed by atoms with Crippen LogP contribution in [-0.4, -0.2) is 86.2 Å². The Morgan fingerprint density at radius 1 is 1.15 bits per heavy atom. The lowest BCUT2D eigenvalue weighted by atomic mass is 9.96. The van der Waals surface area contributed by atoms with Crippen LogP contribution in [0, 0.1) is 11.7 Å². The molecule has 2 aliphatic rings. The van der Waals surface area contributed by atoms with Gasteiger partial charge in [0, 0.05) is 38.8 Å². The van der Waals surface area contributed by atoms with Gasteiger partial charge in [-0.05, 0) is 44.9 Å². The zero-order valence-corrected chi connectivity index (χ0v) is 20.3. The summed E-state index contributed by atoms with van der Waals surface area (Å²) in [6.45, 7) is 6.42. The molecule has 0 bridgehead atoms. The smallest absolute Gasteiger partial charge is 0.246 e. The standard InChI is InChI=1S/C23H35FN4O4S/c1-3-7-18(2)25-23(30)19-8-6-11-26(16-19)17-22(29)27-12-14-28(15-13-27)33(31,32)21-10-5-4-9-20(21)24/h4-5,9-10,18-19H,3,6-8,11-17H2,1-2H3,(H,25,30). The lowest BCUT2D eigenvalue weighted by Gasteiger charge is -2.37. The highest BCUT2D eigenvalue weighted by Gasteiger charge is 2.33. The Hall–Kier alpha value is -2.04. The lowest BCUT2D eigenvalue weighted by molar-refractivity contribution is -0.135. The molecule has 0 aliphatic carbocycles. The molecule has 2 saturated heterocycles. The zero-order valence-electron chi connectivity index (χ0n) is 19.5. The van der Waals surface area contributed by atoms with Gasteiger partial charge in [0.05, 0.1) is 12.5 Å². The molecule has 2 heterocycles. The molecule has 3 rings (SSSR count). The average Bonchev–Trinajstić information content (AvgIpc) is 2.79. The third kappa shape index (κ3) is 6.51. The van der Waals surface area contributed by atoms with E-state index in [1.165, 1.54) is 22.5 Å². The first-order chi connectivity index (χ1) is 15.7.